The fourth-order valence-corrected chi connectivity index (χ4v) is 3.63. The van der Waals surface area contributed by atoms with Crippen molar-refractivity contribution in [3.05, 3.63) is 48.8 Å². The monoisotopic (exact) mass is 368 g/mol. The van der Waals surface area contributed by atoms with Gasteiger partial charge in [-0.25, -0.2) is 4.98 Å². The van der Waals surface area contributed by atoms with Gasteiger partial charge in [-0.1, -0.05) is 0 Å². The van der Waals surface area contributed by atoms with Crippen molar-refractivity contribution in [1.82, 2.24) is 39.0 Å². The molecular weight excluding hydrogens is 344 g/mol. The Hall–Kier alpha value is -2.97. The van der Waals surface area contributed by atoms with Crippen LogP contribution in [0.4, 0.5) is 0 Å². The van der Waals surface area contributed by atoms with Gasteiger partial charge >= 0.3 is 0 Å². The summed E-state index contributed by atoms with van der Waals surface area (Å²) in [4.78, 5) is 18.6. The second-order valence-electron chi connectivity index (χ2n) is 6.97. The molecule has 1 aliphatic heterocycles. The highest BCUT2D eigenvalue weighted by molar-refractivity contribution is 5.76. The largest absolute Gasteiger partial charge is 0.342 e. The van der Waals surface area contributed by atoms with Crippen LogP contribution in [0.25, 0.3) is 0 Å². The maximum Gasteiger partial charge on any atom is 0.224 e. The first-order chi connectivity index (χ1) is 13.2. The van der Waals surface area contributed by atoms with Gasteiger partial charge in [0.15, 0.2) is 5.82 Å². The SMILES string of the molecule is Cn1c(Cn2ccnc2)nnc1[C@@H]1CCCN(C(=O)CCn2cccn2)C1. The van der Waals surface area contributed by atoms with Crippen molar-refractivity contribution in [3.8, 4) is 0 Å². The van der Waals surface area contributed by atoms with E-state index in [-0.39, 0.29) is 11.8 Å². The second-order valence-corrected chi connectivity index (χ2v) is 6.97. The van der Waals surface area contributed by atoms with E-state index in [0.717, 1.165) is 31.0 Å². The molecule has 27 heavy (non-hydrogen) atoms. The lowest BCUT2D eigenvalue weighted by Crippen LogP contribution is -2.40. The van der Waals surface area contributed by atoms with E-state index in [1.54, 1.807) is 23.4 Å². The Morgan fingerprint density at radius 2 is 2.19 bits per heavy atom. The Bertz CT molecular complexity index is 867. The molecule has 1 amide bonds. The van der Waals surface area contributed by atoms with Crippen LogP contribution >= 0.6 is 0 Å². The molecule has 0 unspecified atom stereocenters. The number of carbonyl (C=O) groups excluding carboxylic acids is 1. The van der Waals surface area contributed by atoms with Crippen LogP contribution < -0.4 is 0 Å². The molecule has 0 aromatic carbocycles. The quantitative estimate of drug-likeness (QED) is 0.649. The van der Waals surface area contributed by atoms with Gasteiger partial charge in [-0.05, 0) is 18.9 Å². The Labute approximate surface area is 157 Å². The summed E-state index contributed by atoms with van der Waals surface area (Å²) in [6.07, 6.45) is 11.5. The van der Waals surface area contributed by atoms with Gasteiger partial charge in [-0.2, -0.15) is 5.10 Å². The number of aromatic nitrogens is 7. The van der Waals surface area contributed by atoms with Gasteiger partial charge in [0, 0.05) is 63.8 Å². The fraction of sp³-hybridized carbons (Fsp3) is 0.500. The van der Waals surface area contributed by atoms with Crippen LogP contribution in [0, 0.1) is 0 Å². The highest BCUT2D eigenvalue weighted by atomic mass is 16.2. The van der Waals surface area contributed by atoms with E-state index in [1.807, 2.05) is 35.0 Å². The molecular formula is C18H24N8O. The molecule has 0 bridgehead atoms. The van der Waals surface area contributed by atoms with Gasteiger partial charge in [-0.3, -0.25) is 9.48 Å². The maximum atomic E-state index is 12.6. The van der Waals surface area contributed by atoms with Gasteiger partial charge in [0.25, 0.3) is 0 Å². The smallest absolute Gasteiger partial charge is 0.224 e. The van der Waals surface area contributed by atoms with Crippen LogP contribution in [0.1, 0.15) is 36.8 Å². The minimum atomic E-state index is 0.177. The zero-order valence-electron chi connectivity index (χ0n) is 15.5. The molecule has 1 aliphatic rings. The van der Waals surface area contributed by atoms with Crippen molar-refractivity contribution in [2.75, 3.05) is 13.1 Å². The molecule has 142 valence electrons. The standard InChI is InChI=1S/C18H24N8O/c1-23-16(13-24-11-7-19-14-24)21-22-18(23)15-4-2-8-25(12-15)17(27)5-10-26-9-3-6-20-26/h3,6-7,9,11,14-15H,2,4-5,8,10,12-13H2,1H3/t15-/m1/s1. The molecule has 0 N–H and O–H groups in total. The third kappa shape index (κ3) is 3.91. The van der Waals surface area contributed by atoms with Gasteiger partial charge < -0.3 is 14.0 Å². The molecule has 0 radical (unpaired) electrons. The second kappa shape index (κ2) is 7.73. The molecule has 0 spiro atoms. The van der Waals surface area contributed by atoms with Gasteiger partial charge in [0.2, 0.25) is 5.91 Å². The normalized spacial score (nSPS) is 17.4. The Morgan fingerprint density at radius 1 is 1.26 bits per heavy atom. The van der Waals surface area contributed by atoms with Crippen molar-refractivity contribution in [3.63, 3.8) is 0 Å². The highest BCUT2D eigenvalue weighted by Crippen LogP contribution is 2.26. The third-order valence-corrected chi connectivity index (χ3v) is 5.14. The molecule has 0 aliphatic carbocycles. The van der Waals surface area contributed by atoms with Gasteiger partial charge in [0.05, 0.1) is 12.9 Å². The lowest BCUT2D eigenvalue weighted by atomic mass is 9.97. The maximum absolute atomic E-state index is 12.6. The van der Waals surface area contributed by atoms with E-state index in [4.69, 9.17) is 0 Å². The summed E-state index contributed by atoms with van der Waals surface area (Å²) in [6, 6.07) is 1.87. The number of likely N-dealkylation sites (tertiary alicyclic amines) is 1. The minimum absolute atomic E-state index is 0.177. The summed E-state index contributed by atoms with van der Waals surface area (Å²) in [7, 11) is 2.00. The van der Waals surface area contributed by atoms with Crippen LogP contribution in [0.3, 0.4) is 0 Å². The van der Waals surface area contributed by atoms with Gasteiger partial charge in [-0.15, -0.1) is 10.2 Å². The zero-order chi connectivity index (χ0) is 18.6. The highest BCUT2D eigenvalue weighted by Gasteiger charge is 2.28. The molecule has 1 saturated heterocycles. The number of piperidine rings is 1. The molecule has 9 nitrogen and oxygen atoms in total. The average molecular weight is 368 g/mol. The van der Waals surface area contributed by atoms with Crippen molar-refractivity contribution in [1.29, 1.82) is 0 Å². The molecule has 1 atom stereocenters. The van der Waals surface area contributed by atoms with E-state index in [0.29, 0.717) is 26.1 Å². The summed E-state index contributed by atoms with van der Waals surface area (Å²) >= 11 is 0. The number of amides is 1. The number of hydrogen-bond donors (Lipinski definition) is 0. The molecule has 4 rings (SSSR count). The number of rotatable bonds is 6. The van der Waals surface area contributed by atoms with E-state index in [1.165, 1.54) is 0 Å². The minimum Gasteiger partial charge on any atom is -0.342 e. The number of imidazole rings is 1. The summed E-state index contributed by atoms with van der Waals surface area (Å²) < 4.78 is 5.83. The predicted molar refractivity (Wildman–Crippen MR) is 97.7 cm³/mol. The fourth-order valence-electron chi connectivity index (χ4n) is 3.63. The molecule has 1 fully saturated rings. The lowest BCUT2D eigenvalue weighted by Gasteiger charge is -2.32. The van der Waals surface area contributed by atoms with Crippen LogP contribution in [-0.4, -0.2) is 58.0 Å². The molecule has 3 aromatic heterocycles. The molecule has 9 heteroatoms. The van der Waals surface area contributed by atoms with Crippen molar-refractivity contribution < 1.29 is 4.79 Å². The summed E-state index contributed by atoms with van der Waals surface area (Å²) in [5.41, 5.74) is 0. The van der Waals surface area contributed by atoms with E-state index >= 15 is 0 Å². The third-order valence-electron chi connectivity index (χ3n) is 5.14. The first kappa shape index (κ1) is 17.4. The Balaban J connectivity index is 1.39. The van der Waals surface area contributed by atoms with Crippen molar-refractivity contribution in [2.45, 2.75) is 38.3 Å². The van der Waals surface area contributed by atoms with Crippen LogP contribution in [0.5, 0.6) is 0 Å². The zero-order valence-corrected chi connectivity index (χ0v) is 15.5. The number of carbonyl (C=O) groups is 1. The Morgan fingerprint density at radius 3 is 2.96 bits per heavy atom. The first-order valence-electron chi connectivity index (χ1n) is 9.30. The lowest BCUT2D eigenvalue weighted by molar-refractivity contribution is -0.132. The number of nitrogens with zero attached hydrogens (tertiary/aromatic N) is 8. The summed E-state index contributed by atoms with van der Waals surface area (Å²) in [6.45, 7) is 2.78. The Kier molecular flexibility index (Phi) is 4.99. The topological polar surface area (TPSA) is 86.7 Å². The van der Waals surface area contributed by atoms with Crippen molar-refractivity contribution in [2.24, 2.45) is 7.05 Å². The van der Waals surface area contributed by atoms with E-state index in [2.05, 4.69) is 24.8 Å². The van der Waals surface area contributed by atoms with Gasteiger partial charge in [0.1, 0.15) is 5.82 Å². The van der Waals surface area contributed by atoms with Crippen LogP contribution in [0.15, 0.2) is 37.2 Å². The summed E-state index contributed by atoms with van der Waals surface area (Å²) in [5, 5.41) is 12.9. The van der Waals surface area contributed by atoms with Crippen LogP contribution in [0.2, 0.25) is 0 Å². The molecule has 3 aromatic rings. The summed E-state index contributed by atoms with van der Waals surface area (Å²) in [5.74, 6) is 2.25. The predicted octanol–water partition coefficient (Wildman–Crippen LogP) is 1.05. The number of aryl methyl sites for hydroxylation is 1. The van der Waals surface area contributed by atoms with E-state index < -0.39 is 0 Å². The van der Waals surface area contributed by atoms with Crippen molar-refractivity contribution >= 4 is 5.91 Å². The average Bonchev–Trinajstić information content (AvgIpc) is 3.44. The number of hydrogen-bond acceptors (Lipinski definition) is 5. The molecule has 0 saturated carbocycles. The van der Waals surface area contributed by atoms with Crippen LogP contribution in [-0.2, 0) is 24.9 Å². The first-order valence-corrected chi connectivity index (χ1v) is 9.30. The van der Waals surface area contributed by atoms with E-state index in [9.17, 15) is 4.79 Å². The molecule has 4 heterocycles.